The van der Waals surface area contributed by atoms with Gasteiger partial charge in [-0.2, -0.15) is 0 Å². The monoisotopic (exact) mass is 514 g/mol. The van der Waals surface area contributed by atoms with Crippen molar-refractivity contribution in [3.05, 3.63) is 82.4 Å². The molecule has 1 heterocycles. The van der Waals surface area contributed by atoms with Gasteiger partial charge in [-0.15, -0.1) is 12.4 Å². The van der Waals surface area contributed by atoms with E-state index >= 15 is 0 Å². The number of carbonyl (C=O) groups excluding carboxylic acids is 1. The van der Waals surface area contributed by atoms with Crippen LogP contribution in [0, 0.1) is 15.9 Å². The van der Waals surface area contributed by atoms with Crippen LogP contribution in [-0.2, 0) is 16.0 Å². The average molecular weight is 515 g/mol. The Morgan fingerprint density at radius 1 is 1.08 bits per heavy atom. The summed E-state index contributed by atoms with van der Waals surface area (Å²) in [5.74, 6) is -0.127. The molecule has 0 aliphatic carbocycles. The zero-order chi connectivity index (χ0) is 24.9. The summed E-state index contributed by atoms with van der Waals surface area (Å²) in [4.78, 5) is 30.5. The van der Waals surface area contributed by atoms with Gasteiger partial charge in [0.15, 0.2) is 5.75 Å². The highest BCUT2D eigenvalue weighted by Crippen LogP contribution is 2.35. The van der Waals surface area contributed by atoms with E-state index in [2.05, 4.69) is 20.0 Å². The number of methoxy groups -OCH3 is 2. The number of esters is 1. The lowest BCUT2D eigenvalue weighted by Gasteiger charge is -2.12. The van der Waals surface area contributed by atoms with Crippen molar-refractivity contribution in [1.29, 1.82) is 0 Å². The van der Waals surface area contributed by atoms with E-state index in [0.717, 1.165) is 0 Å². The topological polar surface area (TPSA) is 126 Å². The number of anilines is 2. The van der Waals surface area contributed by atoms with Crippen molar-refractivity contribution in [3.8, 4) is 17.2 Å². The molecule has 0 aliphatic rings. The first kappa shape index (κ1) is 26.1. The fourth-order valence-electron chi connectivity index (χ4n) is 3.36. The van der Waals surface area contributed by atoms with Gasteiger partial charge >= 0.3 is 11.7 Å². The normalized spacial score (nSPS) is 10.3. The number of rotatable bonds is 8. The van der Waals surface area contributed by atoms with Crippen LogP contribution in [0.2, 0.25) is 0 Å². The first-order chi connectivity index (χ1) is 16.9. The van der Waals surface area contributed by atoms with E-state index in [1.807, 2.05) is 0 Å². The Morgan fingerprint density at radius 2 is 1.86 bits per heavy atom. The van der Waals surface area contributed by atoms with Crippen LogP contribution in [0.15, 0.2) is 60.9 Å². The fourth-order valence-corrected chi connectivity index (χ4v) is 3.36. The number of hydrogen-bond donors (Lipinski definition) is 1. The Balaban J connectivity index is 0.00000361. The summed E-state index contributed by atoms with van der Waals surface area (Å²) in [6, 6.07) is 13.7. The van der Waals surface area contributed by atoms with Crippen molar-refractivity contribution in [2.45, 2.75) is 6.42 Å². The van der Waals surface area contributed by atoms with E-state index in [-0.39, 0.29) is 53.5 Å². The van der Waals surface area contributed by atoms with Crippen molar-refractivity contribution in [2.24, 2.45) is 0 Å². The van der Waals surface area contributed by atoms with Gasteiger partial charge in [0.05, 0.1) is 42.2 Å². The average Bonchev–Trinajstić information content (AvgIpc) is 2.85. The Morgan fingerprint density at radius 3 is 2.56 bits per heavy atom. The van der Waals surface area contributed by atoms with Crippen molar-refractivity contribution < 1.29 is 28.3 Å². The van der Waals surface area contributed by atoms with E-state index in [1.54, 1.807) is 30.3 Å². The molecule has 186 valence electrons. The SMILES string of the molecule is COC(=O)Cc1cccc(Oc2ccc(Nc3ncnc4cc(OC)c([N+](=O)[O-])cc34)c(F)c2)c1.Cl. The standard InChI is InChI=1S/C24H19FN4O6.ClH/c1-33-22-12-20-17(11-21(22)29(31)32)24(27-13-26-20)28-19-7-6-16(10-18(19)25)35-15-5-3-4-14(8-15)9-23(30)34-2;/h3-8,10-13H,9H2,1-2H3,(H,26,27,28);1H. The van der Waals surface area contributed by atoms with Crippen LogP contribution in [-0.4, -0.2) is 35.1 Å². The molecule has 0 aliphatic heterocycles. The van der Waals surface area contributed by atoms with E-state index in [4.69, 9.17) is 9.47 Å². The van der Waals surface area contributed by atoms with E-state index in [0.29, 0.717) is 22.2 Å². The molecule has 1 N–H and O–H groups in total. The number of nitrogens with zero attached hydrogens (tertiary/aromatic N) is 3. The van der Waals surface area contributed by atoms with Crippen LogP contribution in [0.3, 0.4) is 0 Å². The molecule has 0 radical (unpaired) electrons. The minimum Gasteiger partial charge on any atom is -0.490 e. The molecule has 0 amide bonds. The van der Waals surface area contributed by atoms with Crippen LogP contribution >= 0.6 is 12.4 Å². The molecule has 10 nitrogen and oxygen atoms in total. The molecular formula is C24H20ClFN4O6. The number of aromatic nitrogens is 2. The first-order valence-corrected chi connectivity index (χ1v) is 10.2. The molecule has 4 aromatic rings. The van der Waals surface area contributed by atoms with Crippen LogP contribution < -0.4 is 14.8 Å². The van der Waals surface area contributed by atoms with Crippen molar-refractivity contribution in [2.75, 3.05) is 19.5 Å². The lowest BCUT2D eigenvalue weighted by atomic mass is 10.1. The molecule has 4 rings (SSSR count). The van der Waals surface area contributed by atoms with Crippen LogP contribution in [0.5, 0.6) is 17.2 Å². The van der Waals surface area contributed by atoms with Crippen LogP contribution in [0.25, 0.3) is 10.9 Å². The Bertz CT molecular complexity index is 1440. The molecule has 0 saturated heterocycles. The number of nitro benzene ring substituents is 1. The summed E-state index contributed by atoms with van der Waals surface area (Å²) in [5.41, 5.74) is 0.887. The molecule has 1 aromatic heterocycles. The molecule has 12 heteroatoms. The second kappa shape index (κ2) is 11.3. The molecule has 0 unspecified atom stereocenters. The van der Waals surface area contributed by atoms with Crippen molar-refractivity contribution in [3.63, 3.8) is 0 Å². The number of hydrogen-bond acceptors (Lipinski definition) is 9. The van der Waals surface area contributed by atoms with Gasteiger partial charge in [0.1, 0.15) is 29.5 Å². The predicted molar refractivity (Wildman–Crippen MR) is 132 cm³/mol. The van der Waals surface area contributed by atoms with Crippen LogP contribution in [0.4, 0.5) is 21.6 Å². The number of nitrogens with one attached hydrogen (secondary N) is 1. The minimum atomic E-state index is -0.636. The van der Waals surface area contributed by atoms with E-state index < -0.39 is 10.7 Å². The van der Waals surface area contributed by atoms with Gasteiger partial charge in [0, 0.05) is 18.2 Å². The van der Waals surface area contributed by atoms with Crippen molar-refractivity contribution >= 4 is 46.5 Å². The number of ether oxygens (including phenoxy) is 3. The fraction of sp³-hybridized carbons (Fsp3) is 0.125. The summed E-state index contributed by atoms with van der Waals surface area (Å²) < 4.78 is 30.3. The lowest BCUT2D eigenvalue weighted by Crippen LogP contribution is -2.04. The minimum absolute atomic E-state index is 0. The zero-order valence-corrected chi connectivity index (χ0v) is 19.9. The number of benzene rings is 3. The Kier molecular flexibility index (Phi) is 8.18. The summed E-state index contributed by atoms with van der Waals surface area (Å²) in [6.07, 6.45) is 1.34. The quantitative estimate of drug-likeness (QED) is 0.188. The number of halogens is 2. The molecule has 0 spiro atoms. The second-order valence-electron chi connectivity index (χ2n) is 7.29. The largest absolute Gasteiger partial charge is 0.490 e. The Labute approximate surface area is 210 Å². The van der Waals surface area contributed by atoms with E-state index in [9.17, 15) is 19.3 Å². The van der Waals surface area contributed by atoms with Gasteiger partial charge in [-0.05, 0) is 29.8 Å². The number of nitro groups is 1. The third-order valence-electron chi connectivity index (χ3n) is 5.04. The third kappa shape index (κ3) is 5.76. The van der Waals surface area contributed by atoms with Gasteiger partial charge < -0.3 is 19.5 Å². The molecule has 36 heavy (non-hydrogen) atoms. The molecule has 0 saturated carbocycles. The van der Waals surface area contributed by atoms with Gasteiger partial charge in [0.2, 0.25) is 0 Å². The highest BCUT2D eigenvalue weighted by molar-refractivity contribution is 5.93. The summed E-state index contributed by atoms with van der Waals surface area (Å²) >= 11 is 0. The van der Waals surface area contributed by atoms with Gasteiger partial charge in [0.25, 0.3) is 0 Å². The third-order valence-corrected chi connectivity index (χ3v) is 5.04. The maximum atomic E-state index is 14.9. The molecule has 0 bridgehead atoms. The highest BCUT2D eigenvalue weighted by atomic mass is 35.5. The zero-order valence-electron chi connectivity index (χ0n) is 19.1. The van der Waals surface area contributed by atoms with Crippen molar-refractivity contribution in [1.82, 2.24) is 9.97 Å². The van der Waals surface area contributed by atoms with Gasteiger partial charge in [-0.3, -0.25) is 14.9 Å². The maximum Gasteiger partial charge on any atom is 0.311 e. The summed E-state index contributed by atoms with van der Waals surface area (Å²) in [5, 5.41) is 14.6. The predicted octanol–water partition coefficient (Wildman–Crippen LogP) is 5.36. The van der Waals surface area contributed by atoms with Gasteiger partial charge in [-0.25, -0.2) is 14.4 Å². The highest BCUT2D eigenvalue weighted by Gasteiger charge is 2.19. The van der Waals surface area contributed by atoms with Crippen LogP contribution in [0.1, 0.15) is 5.56 Å². The smallest absolute Gasteiger partial charge is 0.311 e. The molecule has 0 fully saturated rings. The first-order valence-electron chi connectivity index (χ1n) is 10.2. The molecular weight excluding hydrogens is 495 g/mol. The summed E-state index contributed by atoms with van der Waals surface area (Å²) in [6.45, 7) is 0. The molecule has 0 atom stereocenters. The molecule has 3 aromatic carbocycles. The van der Waals surface area contributed by atoms with E-state index in [1.165, 1.54) is 44.8 Å². The Hall–Kier alpha value is -4.51. The summed E-state index contributed by atoms with van der Waals surface area (Å²) in [7, 11) is 2.63. The number of fused-ring (bicyclic) bond motifs is 1. The van der Waals surface area contributed by atoms with Gasteiger partial charge in [-0.1, -0.05) is 12.1 Å². The maximum absolute atomic E-state index is 14.9. The number of carbonyl (C=O) groups is 1. The second-order valence-corrected chi connectivity index (χ2v) is 7.29. The lowest BCUT2D eigenvalue weighted by molar-refractivity contribution is -0.385.